The summed E-state index contributed by atoms with van der Waals surface area (Å²) < 4.78 is 0. The van der Waals surface area contributed by atoms with Crippen molar-refractivity contribution in [1.29, 1.82) is 0 Å². The second kappa shape index (κ2) is 8.04. The zero-order chi connectivity index (χ0) is 18.7. The van der Waals surface area contributed by atoms with Gasteiger partial charge in [0.05, 0.1) is 5.56 Å². The van der Waals surface area contributed by atoms with Gasteiger partial charge in [-0.1, -0.05) is 43.2 Å². The van der Waals surface area contributed by atoms with Crippen molar-refractivity contribution >= 4 is 28.2 Å². The van der Waals surface area contributed by atoms with Crippen molar-refractivity contribution in [3.8, 4) is 10.4 Å². The van der Waals surface area contributed by atoms with Crippen LogP contribution in [0.1, 0.15) is 56.3 Å². The van der Waals surface area contributed by atoms with E-state index in [1.807, 2.05) is 44.2 Å². The molecule has 0 aliphatic heterocycles. The summed E-state index contributed by atoms with van der Waals surface area (Å²) >= 11 is 1.39. The molecular formula is C21H25NO3S. The standard InChI is InChI=1S/C21H25NO3S/c1-14(2)22(19(23)12-15-8-6-7-9-15)20-17(21(24)25)13-18(26-20)16-10-4-3-5-11-16/h3-5,10-11,13-15H,6-9,12H2,1-2H3,(H,24,25). The second-order valence-electron chi connectivity index (χ2n) is 7.21. The van der Waals surface area contributed by atoms with Gasteiger partial charge in [0.1, 0.15) is 5.00 Å². The highest BCUT2D eigenvalue weighted by atomic mass is 32.1. The van der Waals surface area contributed by atoms with Crippen molar-refractivity contribution in [3.05, 3.63) is 42.0 Å². The molecule has 1 fully saturated rings. The fourth-order valence-corrected chi connectivity index (χ4v) is 4.96. The fraction of sp³-hybridized carbons (Fsp3) is 0.429. The van der Waals surface area contributed by atoms with Gasteiger partial charge in [-0.15, -0.1) is 11.3 Å². The summed E-state index contributed by atoms with van der Waals surface area (Å²) in [6, 6.07) is 11.3. The first-order valence-corrected chi connectivity index (χ1v) is 10.0. The van der Waals surface area contributed by atoms with Gasteiger partial charge in [-0.25, -0.2) is 4.79 Å². The van der Waals surface area contributed by atoms with Gasteiger partial charge < -0.3 is 10.0 Å². The van der Waals surface area contributed by atoms with Crippen LogP contribution in [-0.2, 0) is 4.79 Å². The predicted octanol–water partition coefficient (Wildman–Crippen LogP) is 5.44. The summed E-state index contributed by atoms with van der Waals surface area (Å²) in [7, 11) is 0. The number of benzene rings is 1. The Balaban J connectivity index is 1.96. The summed E-state index contributed by atoms with van der Waals surface area (Å²) in [6.07, 6.45) is 5.09. The van der Waals surface area contributed by atoms with E-state index < -0.39 is 5.97 Å². The number of aromatic carboxylic acids is 1. The van der Waals surface area contributed by atoms with E-state index >= 15 is 0 Å². The minimum Gasteiger partial charge on any atom is -0.478 e. The maximum Gasteiger partial charge on any atom is 0.338 e. The molecule has 2 aromatic rings. The van der Waals surface area contributed by atoms with Crippen molar-refractivity contribution < 1.29 is 14.7 Å². The van der Waals surface area contributed by atoms with E-state index in [0.29, 0.717) is 17.3 Å². The quantitative estimate of drug-likeness (QED) is 0.736. The maximum atomic E-state index is 13.0. The first kappa shape index (κ1) is 18.6. The van der Waals surface area contributed by atoms with Crippen LogP contribution in [0.2, 0.25) is 0 Å². The Hall–Kier alpha value is -2.14. The first-order valence-electron chi connectivity index (χ1n) is 9.22. The number of nitrogens with zero attached hydrogens (tertiary/aromatic N) is 1. The molecule has 26 heavy (non-hydrogen) atoms. The van der Waals surface area contributed by atoms with E-state index in [2.05, 4.69) is 0 Å². The number of thiophene rings is 1. The van der Waals surface area contributed by atoms with Gasteiger partial charge in [0.2, 0.25) is 5.91 Å². The molecule has 0 radical (unpaired) electrons. The lowest BCUT2D eigenvalue weighted by Crippen LogP contribution is -2.38. The third-order valence-corrected chi connectivity index (χ3v) is 6.13. The summed E-state index contributed by atoms with van der Waals surface area (Å²) in [4.78, 5) is 27.4. The second-order valence-corrected chi connectivity index (χ2v) is 8.24. The Morgan fingerprint density at radius 3 is 2.42 bits per heavy atom. The topological polar surface area (TPSA) is 57.6 Å². The third-order valence-electron chi connectivity index (χ3n) is 4.94. The largest absolute Gasteiger partial charge is 0.478 e. The molecule has 0 saturated heterocycles. The molecular weight excluding hydrogens is 346 g/mol. The highest BCUT2D eigenvalue weighted by Gasteiger charge is 2.29. The molecule has 0 bridgehead atoms. The van der Waals surface area contributed by atoms with Crippen LogP contribution >= 0.6 is 11.3 Å². The van der Waals surface area contributed by atoms with E-state index in [-0.39, 0.29) is 17.5 Å². The van der Waals surface area contributed by atoms with Crippen molar-refractivity contribution in [3.63, 3.8) is 0 Å². The van der Waals surface area contributed by atoms with Crippen LogP contribution in [0.4, 0.5) is 5.00 Å². The van der Waals surface area contributed by atoms with Crippen molar-refractivity contribution in [2.24, 2.45) is 5.92 Å². The first-order chi connectivity index (χ1) is 12.5. The molecule has 0 spiro atoms. The fourth-order valence-electron chi connectivity index (χ4n) is 3.65. The zero-order valence-corrected chi connectivity index (χ0v) is 16.1. The molecule has 1 aromatic carbocycles. The number of anilines is 1. The predicted molar refractivity (Wildman–Crippen MR) is 106 cm³/mol. The van der Waals surface area contributed by atoms with Gasteiger partial charge in [-0.2, -0.15) is 0 Å². The van der Waals surface area contributed by atoms with E-state index in [0.717, 1.165) is 23.3 Å². The highest BCUT2D eigenvalue weighted by molar-refractivity contribution is 7.20. The molecule has 0 atom stereocenters. The Morgan fingerprint density at radius 2 is 1.85 bits per heavy atom. The summed E-state index contributed by atoms with van der Waals surface area (Å²) in [6.45, 7) is 3.89. The lowest BCUT2D eigenvalue weighted by molar-refractivity contribution is -0.119. The number of carbonyl (C=O) groups is 2. The van der Waals surface area contributed by atoms with Crippen LogP contribution in [0.25, 0.3) is 10.4 Å². The summed E-state index contributed by atoms with van der Waals surface area (Å²) in [5.74, 6) is -0.515. The molecule has 1 aliphatic carbocycles. The Bertz CT molecular complexity index is 776. The minimum absolute atomic E-state index is 0.0378. The molecule has 5 heteroatoms. The van der Waals surface area contributed by atoms with E-state index in [1.165, 1.54) is 24.2 Å². The molecule has 4 nitrogen and oxygen atoms in total. The van der Waals surface area contributed by atoms with Gasteiger partial charge in [-0.3, -0.25) is 4.79 Å². The monoisotopic (exact) mass is 371 g/mol. The van der Waals surface area contributed by atoms with Crippen molar-refractivity contribution in [2.45, 2.75) is 52.0 Å². The molecule has 1 saturated carbocycles. The van der Waals surface area contributed by atoms with E-state index in [4.69, 9.17) is 0 Å². The lowest BCUT2D eigenvalue weighted by atomic mass is 10.0. The van der Waals surface area contributed by atoms with Gasteiger partial charge in [-0.05, 0) is 44.2 Å². The SMILES string of the molecule is CC(C)N(C(=O)CC1CCCC1)c1sc(-c2ccccc2)cc1C(=O)O. The highest BCUT2D eigenvalue weighted by Crippen LogP contribution is 2.39. The van der Waals surface area contributed by atoms with Crippen LogP contribution in [0, 0.1) is 5.92 Å². The number of hydrogen-bond donors (Lipinski definition) is 1. The van der Waals surface area contributed by atoms with E-state index in [1.54, 1.807) is 11.0 Å². The average Bonchev–Trinajstić information content (AvgIpc) is 3.25. The summed E-state index contributed by atoms with van der Waals surface area (Å²) in [5.41, 5.74) is 1.18. The number of carbonyl (C=O) groups excluding carboxylic acids is 1. The van der Waals surface area contributed by atoms with Crippen molar-refractivity contribution in [2.75, 3.05) is 4.90 Å². The molecule has 1 heterocycles. The molecule has 1 amide bonds. The van der Waals surface area contributed by atoms with Crippen LogP contribution in [0.5, 0.6) is 0 Å². The maximum absolute atomic E-state index is 13.0. The van der Waals surface area contributed by atoms with Crippen LogP contribution in [0.3, 0.4) is 0 Å². The van der Waals surface area contributed by atoms with E-state index in [9.17, 15) is 14.7 Å². The Labute approximate surface area is 158 Å². The number of carboxylic acids is 1. The van der Waals surface area contributed by atoms with Crippen LogP contribution < -0.4 is 4.90 Å². The van der Waals surface area contributed by atoms with Gasteiger partial charge in [0.15, 0.2) is 0 Å². The van der Waals surface area contributed by atoms with Gasteiger partial charge in [0.25, 0.3) is 0 Å². The smallest absolute Gasteiger partial charge is 0.338 e. The van der Waals surface area contributed by atoms with Crippen LogP contribution in [0.15, 0.2) is 36.4 Å². The minimum atomic E-state index is -0.988. The molecule has 0 unspecified atom stereocenters. The number of rotatable bonds is 6. The average molecular weight is 372 g/mol. The van der Waals surface area contributed by atoms with Gasteiger partial charge >= 0.3 is 5.97 Å². The van der Waals surface area contributed by atoms with Gasteiger partial charge in [0, 0.05) is 17.3 Å². The number of hydrogen-bond acceptors (Lipinski definition) is 3. The third kappa shape index (κ3) is 3.98. The molecule has 3 rings (SSSR count). The molecule has 138 valence electrons. The Kier molecular flexibility index (Phi) is 5.77. The normalized spacial score (nSPS) is 14.7. The number of carboxylic acid groups (broad SMARTS) is 1. The lowest BCUT2D eigenvalue weighted by Gasteiger charge is -2.27. The molecule has 1 aromatic heterocycles. The zero-order valence-electron chi connectivity index (χ0n) is 15.3. The number of amides is 1. The summed E-state index contributed by atoms with van der Waals surface area (Å²) in [5, 5.41) is 10.2. The Morgan fingerprint density at radius 1 is 1.19 bits per heavy atom. The van der Waals surface area contributed by atoms with Crippen LogP contribution in [-0.4, -0.2) is 23.0 Å². The molecule has 1 aliphatic rings. The molecule has 1 N–H and O–H groups in total. The van der Waals surface area contributed by atoms with Crippen molar-refractivity contribution in [1.82, 2.24) is 0 Å².